The van der Waals surface area contributed by atoms with Crippen molar-refractivity contribution < 1.29 is 19.4 Å². The zero-order chi connectivity index (χ0) is 20.3. The second-order valence-corrected chi connectivity index (χ2v) is 6.81. The van der Waals surface area contributed by atoms with Crippen LogP contribution in [0.15, 0.2) is 60.7 Å². The molecule has 0 saturated carbocycles. The van der Waals surface area contributed by atoms with Crippen molar-refractivity contribution in [2.75, 3.05) is 4.31 Å². The van der Waals surface area contributed by atoms with Crippen LogP contribution in [0, 0.1) is 0 Å². The van der Waals surface area contributed by atoms with Crippen LogP contribution in [0.5, 0.6) is 11.5 Å². The van der Waals surface area contributed by atoms with E-state index in [4.69, 9.17) is 4.74 Å². The average Bonchev–Trinajstić information content (AvgIpc) is 2.67. The van der Waals surface area contributed by atoms with Crippen LogP contribution in [0.1, 0.15) is 24.2 Å². The number of urea groups is 1. The van der Waals surface area contributed by atoms with Crippen molar-refractivity contribution in [3.8, 4) is 11.5 Å². The van der Waals surface area contributed by atoms with Crippen LogP contribution in [0.2, 0.25) is 0 Å². The number of thiol groups is 1. The first-order valence-corrected chi connectivity index (χ1v) is 9.08. The molecule has 3 amide bonds. The Bertz CT molecular complexity index is 1020. The second kappa shape index (κ2) is 8.22. The number of carbonyl (C=O) groups is 2. The van der Waals surface area contributed by atoms with Crippen LogP contribution in [-0.2, 0) is 0 Å². The molecule has 0 radical (unpaired) electrons. The molecule has 6 nitrogen and oxygen atoms in total. The van der Waals surface area contributed by atoms with E-state index in [1.165, 1.54) is 0 Å². The number of hydrogen-bond acceptors (Lipinski definition) is 5. The summed E-state index contributed by atoms with van der Waals surface area (Å²) in [6, 6.07) is 15.9. The normalized spacial score (nSPS) is 10.7. The molecule has 144 valence electrons. The number of imide groups is 1. The lowest BCUT2D eigenvalue weighted by Gasteiger charge is -2.18. The lowest BCUT2D eigenvalue weighted by atomic mass is 10.1. The summed E-state index contributed by atoms with van der Waals surface area (Å²) in [7, 11) is 0. The van der Waals surface area contributed by atoms with Crippen LogP contribution in [-0.4, -0.2) is 23.1 Å². The first kappa shape index (κ1) is 19.6. The number of phenols is 1. The number of fused-ring (bicyclic) bond motifs is 1. The maximum absolute atomic E-state index is 12.5. The van der Waals surface area contributed by atoms with Gasteiger partial charge < -0.3 is 9.84 Å². The third kappa shape index (κ3) is 4.20. The Kier molecular flexibility index (Phi) is 5.75. The number of nitrogens with zero attached hydrogens (tertiary/aromatic N) is 1. The van der Waals surface area contributed by atoms with Gasteiger partial charge in [0.2, 0.25) is 0 Å². The van der Waals surface area contributed by atoms with Crippen LogP contribution in [0.25, 0.3) is 10.8 Å². The monoisotopic (exact) mass is 396 g/mol. The van der Waals surface area contributed by atoms with Crippen LogP contribution < -0.4 is 14.4 Å². The number of amides is 3. The summed E-state index contributed by atoms with van der Waals surface area (Å²) in [6.45, 7) is 3.82. The van der Waals surface area contributed by atoms with Gasteiger partial charge in [-0.1, -0.05) is 37.1 Å². The van der Waals surface area contributed by atoms with Gasteiger partial charge in [-0.05, 0) is 50.2 Å². The molecule has 3 rings (SSSR count). The number of anilines is 1. The molecule has 0 aliphatic carbocycles. The predicted molar refractivity (Wildman–Crippen MR) is 112 cm³/mol. The lowest BCUT2D eigenvalue weighted by Crippen LogP contribution is -2.38. The van der Waals surface area contributed by atoms with E-state index in [9.17, 15) is 14.7 Å². The quantitative estimate of drug-likeness (QED) is 0.566. The molecule has 0 unspecified atom stereocenters. The smallest absolute Gasteiger partial charge is 0.338 e. The number of ether oxygens (including phenoxy) is 1. The molecule has 0 aliphatic rings. The highest BCUT2D eigenvalue weighted by Gasteiger charge is 2.19. The van der Waals surface area contributed by atoms with Gasteiger partial charge in [-0.15, -0.1) is 0 Å². The van der Waals surface area contributed by atoms with E-state index in [1.807, 2.05) is 13.8 Å². The summed E-state index contributed by atoms with van der Waals surface area (Å²) in [5.74, 6) is 0.189. The fourth-order valence-electron chi connectivity index (χ4n) is 2.75. The Labute approximate surface area is 168 Å². The van der Waals surface area contributed by atoms with Gasteiger partial charge >= 0.3 is 6.03 Å². The molecule has 0 aromatic heterocycles. The third-order valence-corrected chi connectivity index (χ3v) is 4.40. The van der Waals surface area contributed by atoms with Crippen LogP contribution >= 0.6 is 12.8 Å². The molecular formula is C21H20N2O4S. The zero-order valence-electron chi connectivity index (χ0n) is 15.4. The summed E-state index contributed by atoms with van der Waals surface area (Å²) in [5.41, 5.74) is 0.768. The van der Waals surface area contributed by atoms with Gasteiger partial charge in [0, 0.05) is 16.3 Å². The van der Waals surface area contributed by atoms with Gasteiger partial charge in [0.25, 0.3) is 5.91 Å². The molecule has 28 heavy (non-hydrogen) atoms. The third-order valence-electron chi connectivity index (χ3n) is 4.01. The minimum atomic E-state index is -0.702. The number of carbonyl (C=O) groups excluding carboxylic acids is 2. The minimum absolute atomic E-state index is 0.0270. The van der Waals surface area contributed by atoms with E-state index < -0.39 is 11.9 Å². The van der Waals surface area contributed by atoms with Crippen molar-refractivity contribution in [1.82, 2.24) is 5.32 Å². The predicted octanol–water partition coefficient (Wildman–Crippen LogP) is 4.53. The van der Waals surface area contributed by atoms with E-state index in [2.05, 4.69) is 18.1 Å². The fraction of sp³-hybridized carbons (Fsp3) is 0.143. The van der Waals surface area contributed by atoms with Crippen molar-refractivity contribution in [2.24, 2.45) is 0 Å². The Balaban J connectivity index is 1.76. The summed E-state index contributed by atoms with van der Waals surface area (Å²) in [4.78, 5) is 24.9. The van der Waals surface area contributed by atoms with Crippen molar-refractivity contribution in [1.29, 1.82) is 0 Å². The van der Waals surface area contributed by atoms with Gasteiger partial charge in [0.05, 0.1) is 11.8 Å². The number of aromatic hydroxyl groups is 1. The number of benzene rings is 3. The molecule has 0 spiro atoms. The highest BCUT2D eigenvalue weighted by Crippen LogP contribution is 2.32. The Morgan fingerprint density at radius 1 is 1.00 bits per heavy atom. The largest absolute Gasteiger partial charge is 0.507 e. The summed E-state index contributed by atoms with van der Waals surface area (Å²) in [6.07, 6.45) is 0.0270. The lowest BCUT2D eigenvalue weighted by molar-refractivity contribution is 0.0966. The molecule has 0 fully saturated rings. The van der Waals surface area contributed by atoms with Gasteiger partial charge in [0.1, 0.15) is 11.5 Å². The summed E-state index contributed by atoms with van der Waals surface area (Å²) < 4.78 is 6.57. The molecule has 2 N–H and O–H groups in total. The summed E-state index contributed by atoms with van der Waals surface area (Å²) >= 11 is 4.23. The minimum Gasteiger partial charge on any atom is -0.507 e. The van der Waals surface area contributed by atoms with E-state index in [0.29, 0.717) is 27.8 Å². The highest BCUT2D eigenvalue weighted by atomic mass is 32.1. The number of hydrogen-bond donors (Lipinski definition) is 3. The van der Waals surface area contributed by atoms with Gasteiger partial charge in [-0.3, -0.25) is 10.1 Å². The molecule has 7 heteroatoms. The van der Waals surface area contributed by atoms with Crippen LogP contribution in [0.3, 0.4) is 0 Å². The van der Waals surface area contributed by atoms with Crippen molar-refractivity contribution in [3.63, 3.8) is 0 Å². The first-order valence-electron chi connectivity index (χ1n) is 8.68. The number of rotatable bonds is 4. The molecule has 0 bridgehead atoms. The molecular weight excluding hydrogens is 376 g/mol. The van der Waals surface area contributed by atoms with E-state index in [1.54, 1.807) is 60.7 Å². The van der Waals surface area contributed by atoms with Crippen molar-refractivity contribution in [3.05, 3.63) is 66.2 Å². The SMILES string of the molecule is CC(C)Oc1ccc(C(=O)NC(=O)N(S)c2cccc3c(O)cccc23)cc1. The maximum Gasteiger partial charge on any atom is 0.338 e. The topological polar surface area (TPSA) is 78.9 Å². The van der Waals surface area contributed by atoms with Gasteiger partial charge in [-0.25, -0.2) is 9.10 Å². The Morgan fingerprint density at radius 3 is 2.32 bits per heavy atom. The van der Waals surface area contributed by atoms with Gasteiger partial charge in [0.15, 0.2) is 0 Å². The molecule has 3 aromatic rings. The average molecular weight is 396 g/mol. The highest BCUT2D eigenvalue weighted by molar-refractivity contribution is 7.82. The fourth-order valence-corrected chi connectivity index (χ4v) is 2.97. The van der Waals surface area contributed by atoms with Crippen molar-refractivity contribution >= 4 is 41.2 Å². The van der Waals surface area contributed by atoms with Crippen LogP contribution in [0.4, 0.5) is 10.5 Å². The van der Waals surface area contributed by atoms with Crippen molar-refractivity contribution in [2.45, 2.75) is 20.0 Å². The molecule has 3 aromatic carbocycles. The Hall–Kier alpha value is -3.19. The van der Waals surface area contributed by atoms with E-state index >= 15 is 0 Å². The number of nitrogens with one attached hydrogen (secondary N) is 1. The maximum atomic E-state index is 12.5. The zero-order valence-corrected chi connectivity index (χ0v) is 16.3. The Morgan fingerprint density at radius 2 is 1.64 bits per heavy atom. The van der Waals surface area contributed by atoms with E-state index in [0.717, 1.165) is 4.31 Å². The second-order valence-electron chi connectivity index (χ2n) is 6.41. The number of phenolic OH excluding ortho intramolecular Hbond substituents is 1. The van der Waals surface area contributed by atoms with Gasteiger partial charge in [-0.2, -0.15) is 0 Å². The first-order chi connectivity index (χ1) is 13.4. The molecule has 0 heterocycles. The molecule has 0 atom stereocenters. The van der Waals surface area contributed by atoms with E-state index in [-0.39, 0.29) is 11.9 Å². The standard InChI is InChI=1S/C21H20N2O4S/c1-13(2)27-15-11-9-14(10-12-15)20(25)22-21(26)23(28)18-7-3-6-17-16(18)5-4-8-19(17)24/h3-13,24,28H,1-2H3,(H,22,25,26). The molecule has 0 aliphatic heterocycles. The summed E-state index contributed by atoms with van der Waals surface area (Å²) in [5, 5.41) is 13.5. The molecule has 0 saturated heterocycles.